The van der Waals surface area contributed by atoms with Gasteiger partial charge in [-0.25, -0.2) is 0 Å². The lowest BCUT2D eigenvalue weighted by Gasteiger charge is -2.28. The summed E-state index contributed by atoms with van der Waals surface area (Å²) in [5.41, 5.74) is 1.74. The second kappa shape index (κ2) is 11.2. The van der Waals surface area contributed by atoms with Gasteiger partial charge >= 0.3 is 5.97 Å². The van der Waals surface area contributed by atoms with E-state index in [1.54, 1.807) is 7.11 Å². The van der Waals surface area contributed by atoms with Crippen molar-refractivity contribution >= 4 is 30.0 Å². The van der Waals surface area contributed by atoms with Crippen molar-refractivity contribution in [2.24, 2.45) is 0 Å². The first kappa shape index (κ1) is 24.2. The van der Waals surface area contributed by atoms with Crippen molar-refractivity contribution in [1.29, 1.82) is 0 Å². The van der Waals surface area contributed by atoms with Crippen molar-refractivity contribution in [3.63, 3.8) is 0 Å². The highest BCUT2D eigenvalue weighted by Gasteiger charge is 2.27. The zero-order valence-corrected chi connectivity index (χ0v) is 17.9. The summed E-state index contributed by atoms with van der Waals surface area (Å²) in [6.07, 6.45) is 2.75. The van der Waals surface area contributed by atoms with Gasteiger partial charge in [0.25, 0.3) is 0 Å². The molecule has 1 aromatic rings. The summed E-state index contributed by atoms with van der Waals surface area (Å²) in [4.78, 5) is 27.8. The van der Waals surface area contributed by atoms with Crippen LogP contribution >= 0.6 is 12.4 Å². The quantitative estimate of drug-likeness (QED) is 0.715. The van der Waals surface area contributed by atoms with Gasteiger partial charge in [0, 0.05) is 12.6 Å². The van der Waals surface area contributed by atoms with Gasteiger partial charge in [-0.2, -0.15) is 0 Å². The maximum absolute atomic E-state index is 12.8. The van der Waals surface area contributed by atoms with Crippen LogP contribution in [0, 0.1) is 6.92 Å². The number of carbonyl (C=O) groups excluding carboxylic acids is 1. The highest BCUT2D eigenvalue weighted by Crippen LogP contribution is 2.26. The first-order chi connectivity index (χ1) is 12.8. The molecule has 7 nitrogen and oxygen atoms in total. The van der Waals surface area contributed by atoms with E-state index < -0.39 is 5.97 Å². The zero-order valence-electron chi connectivity index (χ0n) is 17.1. The van der Waals surface area contributed by atoms with E-state index in [9.17, 15) is 9.59 Å². The number of methoxy groups -OCH3 is 1. The summed E-state index contributed by atoms with van der Waals surface area (Å²) in [5, 5.41) is 12.0. The van der Waals surface area contributed by atoms with E-state index in [1.807, 2.05) is 44.0 Å². The molecule has 0 spiro atoms. The third-order valence-corrected chi connectivity index (χ3v) is 5.28. The van der Waals surface area contributed by atoms with Gasteiger partial charge in [0.2, 0.25) is 5.91 Å². The number of halogens is 1. The van der Waals surface area contributed by atoms with Crippen LogP contribution < -0.4 is 10.1 Å². The van der Waals surface area contributed by atoms with E-state index in [4.69, 9.17) is 9.84 Å². The van der Waals surface area contributed by atoms with E-state index in [0.29, 0.717) is 11.4 Å². The summed E-state index contributed by atoms with van der Waals surface area (Å²) in [7, 11) is 3.45. The molecule has 2 rings (SSSR count). The third kappa shape index (κ3) is 6.65. The zero-order chi connectivity index (χ0) is 20.0. The number of ether oxygens (including phenoxy) is 1. The number of likely N-dealkylation sites (N-methyl/N-ethyl adjacent to an activating group) is 1. The average molecular weight is 414 g/mol. The number of nitrogens with one attached hydrogen (secondary N) is 1. The normalized spacial score (nSPS) is 18.7. The lowest BCUT2D eigenvalue weighted by molar-refractivity contribution is -0.138. The molecular formula is C20H32ClN3O4. The number of carboxylic acid groups (broad SMARTS) is 1. The molecule has 2 atom stereocenters. The Labute approximate surface area is 173 Å². The average Bonchev–Trinajstić information content (AvgIpc) is 2.87. The van der Waals surface area contributed by atoms with Crippen molar-refractivity contribution in [2.45, 2.75) is 45.2 Å². The molecule has 1 aliphatic rings. The molecule has 1 aromatic carbocycles. The Morgan fingerprint density at radius 2 is 2.07 bits per heavy atom. The molecule has 1 amide bonds. The highest BCUT2D eigenvalue weighted by molar-refractivity contribution is 5.96. The largest absolute Gasteiger partial charge is 0.495 e. The second-order valence-electron chi connectivity index (χ2n) is 7.30. The van der Waals surface area contributed by atoms with E-state index in [1.165, 1.54) is 0 Å². The molecule has 8 heteroatoms. The fourth-order valence-corrected chi connectivity index (χ4v) is 3.59. The predicted molar refractivity (Wildman–Crippen MR) is 113 cm³/mol. The third-order valence-electron chi connectivity index (χ3n) is 5.28. The van der Waals surface area contributed by atoms with Crippen LogP contribution in [0.1, 0.15) is 31.7 Å². The fourth-order valence-electron chi connectivity index (χ4n) is 3.59. The molecule has 2 N–H and O–H groups in total. The van der Waals surface area contributed by atoms with Gasteiger partial charge in [-0.1, -0.05) is 6.07 Å². The van der Waals surface area contributed by atoms with Crippen molar-refractivity contribution in [3.8, 4) is 5.75 Å². The van der Waals surface area contributed by atoms with Gasteiger partial charge in [0.15, 0.2) is 0 Å². The van der Waals surface area contributed by atoms with Crippen molar-refractivity contribution in [1.82, 2.24) is 9.80 Å². The van der Waals surface area contributed by atoms with Crippen LogP contribution in [0.3, 0.4) is 0 Å². The molecule has 1 heterocycles. The Morgan fingerprint density at radius 3 is 2.71 bits per heavy atom. The summed E-state index contributed by atoms with van der Waals surface area (Å²) in [6, 6.07) is 5.67. The summed E-state index contributed by atoms with van der Waals surface area (Å²) < 4.78 is 5.34. The number of hydrogen-bond donors (Lipinski definition) is 2. The Hall–Kier alpha value is -1.83. The van der Waals surface area contributed by atoms with Gasteiger partial charge in [-0.15, -0.1) is 12.4 Å². The number of anilines is 1. The Bertz CT molecular complexity index is 671. The first-order valence-corrected chi connectivity index (χ1v) is 9.43. The summed E-state index contributed by atoms with van der Waals surface area (Å²) >= 11 is 0. The SMILES string of the molecule is COc1ccc(C)cc1NC(=O)C(C)N1CCCC(N(C)CC(=O)O)CC1.Cl. The lowest BCUT2D eigenvalue weighted by atomic mass is 10.1. The minimum atomic E-state index is -0.807. The molecule has 0 saturated carbocycles. The Balaban J connectivity index is 0.00000392. The second-order valence-corrected chi connectivity index (χ2v) is 7.30. The first-order valence-electron chi connectivity index (χ1n) is 9.43. The minimum absolute atomic E-state index is 0. The van der Waals surface area contributed by atoms with E-state index in [0.717, 1.165) is 37.9 Å². The van der Waals surface area contributed by atoms with Gasteiger partial charge in [-0.3, -0.25) is 19.4 Å². The number of hydrogen-bond acceptors (Lipinski definition) is 5. The maximum atomic E-state index is 12.8. The Morgan fingerprint density at radius 1 is 1.36 bits per heavy atom. The summed E-state index contributed by atoms with van der Waals surface area (Å²) in [5.74, 6) is -0.220. The molecular weight excluding hydrogens is 382 g/mol. The number of likely N-dealkylation sites (tertiary alicyclic amines) is 1. The molecule has 0 aromatic heterocycles. The number of amides is 1. The van der Waals surface area contributed by atoms with Gasteiger partial charge in [0.05, 0.1) is 25.4 Å². The van der Waals surface area contributed by atoms with Crippen LogP contribution in [0.2, 0.25) is 0 Å². The van der Waals surface area contributed by atoms with Crippen molar-refractivity contribution < 1.29 is 19.4 Å². The highest BCUT2D eigenvalue weighted by atomic mass is 35.5. The molecule has 1 saturated heterocycles. The fraction of sp³-hybridized carbons (Fsp3) is 0.600. The number of rotatable bonds is 7. The lowest BCUT2D eigenvalue weighted by Crippen LogP contribution is -2.43. The number of benzene rings is 1. The van der Waals surface area contributed by atoms with Crippen LogP contribution in [0.4, 0.5) is 5.69 Å². The molecule has 0 radical (unpaired) electrons. The standard InChI is InChI=1S/C20H31N3O4.ClH/c1-14-7-8-18(27-4)17(12-14)21-20(26)15(2)23-10-5-6-16(9-11-23)22(3)13-19(24)25;/h7-8,12,15-16H,5-6,9-11,13H2,1-4H3,(H,21,26)(H,24,25);1H. The molecule has 0 aliphatic carbocycles. The molecule has 158 valence electrons. The molecule has 1 aliphatic heterocycles. The number of nitrogens with zero attached hydrogens (tertiary/aromatic N) is 2. The monoisotopic (exact) mass is 413 g/mol. The molecule has 1 fully saturated rings. The number of aryl methyl sites for hydroxylation is 1. The number of carboxylic acids is 1. The van der Waals surface area contributed by atoms with E-state index in [2.05, 4.69) is 10.2 Å². The minimum Gasteiger partial charge on any atom is -0.495 e. The molecule has 2 unspecified atom stereocenters. The number of aliphatic carboxylic acids is 1. The van der Waals surface area contributed by atoms with Gasteiger partial charge in [0.1, 0.15) is 5.75 Å². The van der Waals surface area contributed by atoms with Crippen molar-refractivity contribution in [2.75, 3.05) is 39.1 Å². The summed E-state index contributed by atoms with van der Waals surface area (Å²) in [6.45, 7) is 5.54. The van der Waals surface area contributed by atoms with Crippen molar-refractivity contribution in [3.05, 3.63) is 23.8 Å². The van der Waals surface area contributed by atoms with Gasteiger partial charge in [-0.05, 0) is 64.4 Å². The van der Waals surface area contributed by atoms with Gasteiger partial charge < -0.3 is 15.2 Å². The smallest absolute Gasteiger partial charge is 0.317 e. The predicted octanol–water partition coefficient (Wildman–Crippen LogP) is 2.62. The van der Waals surface area contributed by atoms with Crippen LogP contribution in [-0.4, -0.2) is 72.7 Å². The van der Waals surface area contributed by atoms with E-state index >= 15 is 0 Å². The van der Waals surface area contributed by atoms with Crippen LogP contribution in [0.15, 0.2) is 18.2 Å². The number of carbonyl (C=O) groups is 2. The topological polar surface area (TPSA) is 82.1 Å². The van der Waals surface area contributed by atoms with Crippen LogP contribution in [0.5, 0.6) is 5.75 Å². The Kier molecular flexibility index (Phi) is 9.72. The van der Waals surface area contributed by atoms with Crippen LogP contribution in [0.25, 0.3) is 0 Å². The van der Waals surface area contributed by atoms with Crippen LogP contribution in [-0.2, 0) is 9.59 Å². The molecule has 0 bridgehead atoms. The molecule has 28 heavy (non-hydrogen) atoms. The maximum Gasteiger partial charge on any atom is 0.317 e. The van der Waals surface area contributed by atoms with E-state index in [-0.39, 0.29) is 36.9 Å².